The van der Waals surface area contributed by atoms with Crippen LogP contribution in [0.4, 0.5) is 0 Å². The number of likely N-dealkylation sites (N-methyl/N-ethyl adjacent to an activating group) is 2. The molecule has 2 aliphatic heterocycles. The fourth-order valence-corrected chi connectivity index (χ4v) is 6.84. The van der Waals surface area contributed by atoms with Gasteiger partial charge in [0, 0.05) is 32.5 Å². The van der Waals surface area contributed by atoms with Gasteiger partial charge in [0.25, 0.3) is 0 Å². The summed E-state index contributed by atoms with van der Waals surface area (Å²) in [6.45, 7) is 15.3. The van der Waals surface area contributed by atoms with Gasteiger partial charge >= 0.3 is 5.97 Å². The number of carbonyl (C=O) groups is 2. The van der Waals surface area contributed by atoms with Gasteiger partial charge in [0.15, 0.2) is 6.29 Å². The van der Waals surface area contributed by atoms with Crippen LogP contribution in [0.2, 0.25) is 0 Å². The number of cyclic esters (lactones) is 1. The molecule has 2 saturated heterocycles. The zero-order valence-corrected chi connectivity index (χ0v) is 27.9. The van der Waals surface area contributed by atoms with E-state index in [2.05, 4.69) is 0 Å². The molecule has 5 N–H and O–H groups in total. The van der Waals surface area contributed by atoms with Crippen LogP contribution in [0.5, 0.6) is 0 Å². The van der Waals surface area contributed by atoms with E-state index in [4.69, 9.17) is 14.2 Å². The molecule has 2 heterocycles. The Bertz CT molecular complexity index is 932. The highest BCUT2D eigenvalue weighted by molar-refractivity contribution is 5.73. The fourth-order valence-electron chi connectivity index (χ4n) is 6.84. The van der Waals surface area contributed by atoms with E-state index in [0.29, 0.717) is 13.0 Å². The molecule has 2 aliphatic rings. The quantitative estimate of drug-likeness (QED) is 0.284. The number of aliphatic hydroxyl groups is 5. The Labute approximate surface area is 257 Å². The van der Waals surface area contributed by atoms with E-state index in [1.54, 1.807) is 41.7 Å². The van der Waals surface area contributed by atoms with Gasteiger partial charge in [-0.15, -0.1) is 0 Å². The number of hydrogen-bond acceptors (Lipinski definition) is 11. The first kappa shape index (κ1) is 37.8. The Morgan fingerprint density at radius 1 is 1.09 bits per heavy atom. The monoisotopic (exact) mass is 618 g/mol. The van der Waals surface area contributed by atoms with Crippen LogP contribution in [-0.2, 0) is 23.8 Å². The Morgan fingerprint density at radius 2 is 1.67 bits per heavy atom. The third kappa shape index (κ3) is 8.66. The lowest BCUT2D eigenvalue weighted by Gasteiger charge is -2.47. The second kappa shape index (κ2) is 14.8. The molecular weight excluding hydrogens is 560 g/mol. The van der Waals surface area contributed by atoms with Gasteiger partial charge in [-0.05, 0) is 66.8 Å². The third-order valence-corrected chi connectivity index (χ3v) is 9.79. The number of amides is 1. The fraction of sp³-hybridized carbons (Fsp3) is 0.935. The Morgan fingerprint density at radius 3 is 2.21 bits per heavy atom. The van der Waals surface area contributed by atoms with Gasteiger partial charge in [-0.1, -0.05) is 20.8 Å². The van der Waals surface area contributed by atoms with Crippen LogP contribution in [0.3, 0.4) is 0 Å². The molecular formula is C31H58N2O10. The van der Waals surface area contributed by atoms with Gasteiger partial charge in [-0.25, -0.2) is 0 Å². The van der Waals surface area contributed by atoms with E-state index < -0.39 is 77.9 Å². The lowest BCUT2D eigenvalue weighted by Crippen LogP contribution is -2.60. The van der Waals surface area contributed by atoms with Crippen LogP contribution in [0, 0.1) is 17.8 Å². The summed E-state index contributed by atoms with van der Waals surface area (Å²) < 4.78 is 18.0. The van der Waals surface area contributed by atoms with Crippen molar-refractivity contribution in [3.05, 3.63) is 0 Å². The second-order valence-corrected chi connectivity index (χ2v) is 13.8. The molecule has 0 bridgehead atoms. The molecule has 43 heavy (non-hydrogen) atoms. The molecule has 12 heteroatoms. The van der Waals surface area contributed by atoms with E-state index >= 15 is 0 Å². The van der Waals surface area contributed by atoms with E-state index in [1.807, 2.05) is 18.9 Å². The summed E-state index contributed by atoms with van der Waals surface area (Å²) in [4.78, 5) is 28.8. The van der Waals surface area contributed by atoms with E-state index in [1.165, 1.54) is 25.7 Å². The largest absolute Gasteiger partial charge is 0.459 e. The number of esters is 1. The molecule has 0 unspecified atom stereocenters. The molecule has 0 aromatic carbocycles. The highest BCUT2D eigenvalue weighted by atomic mass is 16.7. The van der Waals surface area contributed by atoms with Gasteiger partial charge in [-0.2, -0.15) is 0 Å². The molecule has 0 aromatic rings. The minimum absolute atomic E-state index is 0.148. The lowest BCUT2D eigenvalue weighted by atomic mass is 9.78. The molecule has 12 nitrogen and oxygen atoms in total. The van der Waals surface area contributed by atoms with Crippen LogP contribution >= 0.6 is 0 Å². The van der Waals surface area contributed by atoms with Crippen LogP contribution in [0.15, 0.2) is 0 Å². The summed E-state index contributed by atoms with van der Waals surface area (Å²) in [7, 11) is 3.41. The van der Waals surface area contributed by atoms with E-state index in [0.717, 1.165) is 0 Å². The van der Waals surface area contributed by atoms with Crippen LogP contribution in [0.1, 0.15) is 81.6 Å². The van der Waals surface area contributed by atoms with Crippen molar-refractivity contribution in [3.63, 3.8) is 0 Å². The predicted octanol–water partition coefficient (Wildman–Crippen LogP) is 0.892. The Kier molecular flexibility index (Phi) is 13.0. The average Bonchev–Trinajstić information content (AvgIpc) is 2.92. The van der Waals surface area contributed by atoms with Gasteiger partial charge in [-0.3, -0.25) is 9.59 Å². The number of rotatable bonds is 4. The summed E-state index contributed by atoms with van der Waals surface area (Å²) in [6, 6.07) is -1.12. The first-order valence-electron chi connectivity index (χ1n) is 15.6. The van der Waals surface area contributed by atoms with Crippen molar-refractivity contribution in [2.75, 3.05) is 20.6 Å². The molecule has 0 aromatic heterocycles. The Balaban J connectivity index is 2.53. The highest BCUT2D eigenvalue weighted by Crippen LogP contribution is 2.36. The minimum Gasteiger partial charge on any atom is -0.459 e. The average molecular weight is 619 g/mol. The molecule has 14 atom stereocenters. The van der Waals surface area contributed by atoms with Crippen molar-refractivity contribution in [2.45, 2.75) is 148 Å². The van der Waals surface area contributed by atoms with Crippen molar-refractivity contribution in [1.29, 1.82) is 0 Å². The molecule has 0 spiro atoms. The van der Waals surface area contributed by atoms with Crippen LogP contribution in [0.25, 0.3) is 0 Å². The van der Waals surface area contributed by atoms with Gasteiger partial charge in [0.1, 0.15) is 23.9 Å². The van der Waals surface area contributed by atoms with E-state index in [-0.39, 0.29) is 30.8 Å². The molecule has 252 valence electrons. The maximum absolute atomic E-state index is 13.3. The van der Waals surface area contributed by atoms with Crippen LogP contribution < -0.4 is 0 Å². The highest BCUT2D eigenvalue weighted by Gasteiger charge is 2.50. The van der Waals surface area contributed by atoms with E-state index in [9.17, 15) is 35.1 Å². The molecule has 0 aliphatic carbocycles. The van der Waals surface area contributed by atoms with Gasteiger partial charge in [0.05, 0.1) is 35.9 Å². The Hall–Kier alpha value is -1.38. The second-order valence-electron chi connectivity index (χ2n) is 13.8. The molecule has 2 rings (SSSR count). The first-order valence-corrected chi connectivity index (χ1v) is 15.6. The number of ether oxygens (including phenoxy) is 3. The zero-order chi connectivity index (χ0) is 33.2. The van der Waals surface area contributed by atoms with Crippen molar-refractivity contribution in [2.24, 2.45) is 17.8 Å². The molecule has 1 amide bonds. The number of nitrogens with zero attached hydrogens (tertiary/aromatic N) is 2. The van der Waals surface area contributed by atoms with Crippen molar-refractivity contribution in [3.8, 4) is 0 Å². The number of aliphatic hydroxyl groups excluding tert-OH is 3. The molecule has 2 fully saturated rings. The summed E-state index contributed by atoms with van der Waals surface area (Å²) in [5.74, 6) is -3.09. The standard InChI is InChI=1S/C31H58N2O10/c1-12-23-31(9,40)26(37)20(6)32(10)15-16(2)14-30(8,39)27(18(4)24(35)19(5)28(38)42-23)43-29-25(36)22(13-17(3)41-29)33(11)21(7)34/h16-20,22-27,29,35-37,39-40H,12-15H2,1-11H3/t16-,17-,18+,19-,20-,22+,23-,24+,25-,26-,27-,29+,30-,31-/m1/s1. The SMILES string of the molecule is CC[C@H]1OC(=O)[C@H](C)[C@@H](O)[C@H](C)[C@@H](O[C@@H]2O[C@H](C)C[C@H](N(C)C(C)=O)[C@H]2O)[C@](C)(O)C[C@@H](C)CN(C)[C@H](C)[C@@H](O)[C@]1(C)O. The smallest absolute Gasteiger partial charge is 0.311 e. The van der Waals surface area contributed by atoms with Crippen molar-refractivity contribution >= 4 is 11.9 Å². The topological polar surface area (TPSA) is 169 Å². The van der Waals surface area contributed by atoms with Crippen LogP contribution in [-0.4, -0.2) is 134 Å². The van der Waals surface area contributed by atoms with Gasteiger partial charge < -0.3 is 49.5 Å². The zero-order valence-electron chi connectivity index (χ0n) is 27.9. The normalized spacial score (nSPS) is 46.4. The predicted molar refractivity (Wildman–Crippen MR) is 160 cm³/mol. The summed E-state index contributed by atoms with van der Waals surface area (Å²) >= 11 is 0. The number of carbonyl (C=O) groups excluding carboxylic acids is 2. The molecule has 0 radical (unpaired) electrons. The third-order valence-electron chi connectivity index (χ3n) is 9.79. The van der Waals surface area contributed by atoms with Crippen molar-refractivity contribution < 1.29 is 49.3 Å². The summed E-state index contributed by atoms with van der Waals surface area (Å²) in [5, 5.41) is 57.2. The lowest BCUT2D eigenvalue weighted by molar-refractivity contribution is -0.298. The minimum atomic E-state index is -1.77. The summed E-state index contributed by atoms with van der Waals surface area (Å²) in [5.41, 5.74) is -3.35. The summed E-state index contributed by atoms with van der Waals surface area (Å²) in [6.07, 6.45) is -6.80. The van der Waals surface area contributed by atoms with Gasteiger partial charge in [0.2, 0.25) is 5.91 Å². The first-order chi connectivity index (χ1) is 19.7. The maximum atomic E-state index is 13.3. The van der Waals surface area contributed by atoms with Crippen molar-refractivity contribution in [1.82, 2.24) is 9.80 Å². The number of hydrogen-bond donors (Lipinski definition) is 5. The maximum Gasteiger partial charge on any atom is 0.311 e. The molecule has 0 saturated carbocycles.